The molecule has 0 amide bonds. The fraction of sp³-hybridized carbons (Fsp3) is 0.267. The molecule has 0 saturated carbocycles. The van der Waals surface area contributed by atoms with Crippen LogP contribution in [0.4, 0.5) is 10.2 Å². The minimum atomic E-state index is -0.407. The van der Waals surface area contributed by atoms with Gasteiger partial charge in [-0.1, -0.05) is 35.9 Å². The van der Waals surface area contributed by atoms with Gasteiger partial charge in [-0.3, -0.25) is 0 Å². The largest absolute Gasteiger partial charge is 0.361 e. The second kappa shape index (κ2) is 5.17. The lowest BCUT2D eigenvalue weighted by atomic mass is 9.88. The highest BCUT2D eigenvalue weighted by molar-refractivity contribution is 6.30. The van der Waals surface area contributed by atoms with Crippen molar-refractivity contribution in [3.8, 4) is 0 Å². The van der Waals surface area contributed by atoms with E-state index in [1.54, 1.807) is 0 Å². The van der Waals surface area contributed by atoms with Gasteiger partial charge in [0.2, 0.25) is 0 Å². The Bertz CT molecular complexity index is 600. The molecular formula is C15H14ClFN2. The van der Waals surface area contributed by atoms with Crippen molar-refractivity contribution >= 4 is 17.4 Å². The first-order chi connectivity index (χ1) is 9.24. The van der Waals surface area contributed by atoms with Gasteiger partial charge >= 0.3 is 0 Å². The zero-order chi connectivity index (χ0) is 13.2. The van der Waals surface area contributed by atoms with Crippen LogP contribution >= 0.6 is 11.6 Å². The molecule has 1 heterocycles. The van der Waals surface area contributed by atoms with Gasteiger partial charge in [0.05, 0.1) is 11.1 Å². The Kier molecular flexibility index (Phi) is 3.38. The van der Waals surface area contributed by atoms with E-state index in [4.69, 9.17) is 11.6 Å². The summed E-state index contributed by atoms with van der Waals surface area (Å²) in [6.45, 7) is 0. The van der Waals surface area contributed by atoms with Gasteiger partial charge in [0, 0.05) is 6.20 Å². The SMILES string of the molecule is Fc1cc(Cl)cnc1NC1CCCc2ccccc21. The van der Waals surface area contributed by atoms with Crippen LogP contribution in [0.2, 0.25) is 5.02 Å². The van der Waals surface area contributed by atoms with E-state index in [1.165, 1.54) is 23.4 Å². The van der Waals surface area contributed by atoms with Gasteiger partial charge in [-0.2, -0.15) is 0 Å². The molecule has 0 spiro atoms. The van der Waals surface area contributed by atoms with Crippen molar-refractivity contribution in [2.75, 3.05) is 5.32 Å². The third kappa shape index (κ3) is 2.56. The molecule has 2 aromatic rings. The second-order valence-electron chi connectivity index (χ2n) is 4.77. The van der Waals surface area contributed by atoms with Crippen LogP contribution in [0.25, 0.3) is 0 Å². The molecular weight excluding hydrogens is 263 g/mol. The van der Waals surface area contributed by atoms with Crippen molar-refractivity contribution in [2.45, 2.75) is 25.3 Å². The van der Waals surface area contributed by atoms with Gasteiger partial charge < -0.3 is 5.32 Å². The second-order valence-corrected chi connectivity index (χ2v) is 5.21. The molecule has 0 fully saturated rings. The first-order valence-electron chi connectivity index (χ1n) is 6.39. The molecule has 19 heavy (non-hydrogen) atoms. The zero-order valence-electron chi connectivity index (χ0n) is 10.4. The van der Waals surface area contributed by atoms with Crippen molar-refractivity contribution in [3.63, 3.8) is 0 Å². The number of fused-ring (bicyclic) bond motifs is 1. The van der Waals surface area contributed by atoms with Crippen molar-refractivity contribution in [3.05, 3.63) is 58.5 Å². The number of hydrogen-bond donors (Lipinski definition) is 1. The van der Waals surface area contributed by atoms with E-state index < -0.39 is 5.82 Å². The molecule has 0 radical (unpaired) electrons. The first-order valence-corrected chi connectivity index (χ1v) is 6.77. The maximum atomic E-state index is 13.8. The third-order valence-electron chi connectivity index (χ3n) is 3.49. The summed E-state index contributed by atoms with van der Waals surface area (Å²) < 4.78 is 13.8. The average molecular weight is 277 g/mol. The number of aryl methyl sites for hydroxylation is 1. The number of pyridine rings is 1. The molecule has 1 aliphatic carbocycles. The zero-order valence-corrected chi connectivity index (χ0v) is 11.1. The lowest BCUT2D eigenvalue weighted by Gasteiger charge is -2.26. The summed E-state index contributed by atoms with van der Waals surface area (Å²) in [5, 5.41) is 3.50. The Morgan fingerprint density at radius 1 is 1.32 bits per heavy atom. The van der Waals surface area contributed by atoms with E-state index in [1.807, 2.05) is 12.1 Å². The number of nitrogens with one attached hydrogen (secondary N) is 1. The molecule has 4 heteroatoms. The van der Waals surface area contributed by atoms with E-state index >= 15 is 0 Å². The van der Waals surface area contributed by atoms with E-state index in [9.17, 15) is 4.39 Å². The van der Waals surface area contributed by atoms with Crippen LogP contribution in [0.15, 0.2) is 36.5 Å². The lowest BCUT2D eigenvalue weighted by molar-refractivity contribution is 0.582. The maximum Gasteiger partial charge on any atom is 0.166 e. The smallest absolute Gasteiger partial charge is 0.166 e. The van der Waals surface area contributed by atoms with Crippen LogP contribution in [0.5, 0.6) is 0 Å². The summed E-state index contributed by atoms with van der Waals surface area (Å²) in [7, 11) is 0. The predicted octanol–water partition coefficient (Wildman–Crippen LogP) is 4.36. The number of nitrogens with zero attached hydrogens (tertiary/aromatic N) is 1. The van der Waals surface area contributed by atoms with Crippen molar-refractivity contribution in [1.29, 1.82) is 0 Å². The predicted molar refractivity (Wildman–Crippen MR) is 74.9 cm³/mol. The minimum Gasteiger partial charge on any atom is -0.361 e. The summed E-state index contributed by atoms with van der Waals surface area (Å²) in [5.41, 5.74) is 2.57. The summed E-state index contributed by atoms with van der Waals surface area (Å²) in [6.07, 6.45) is 4.64. The molecule has 0 bridgehead atoms. The fourth-order valence-corrected chi connectivity index (χ4v) is 2.73. The highest BCUT2D eigenvalue weighted by Gasteiger charge is 2.20. The van der Waals surface area contributed by atoms with Gasteiger partial charge in [0.15, 0.2) is 11.6 Å². The number of benzene rings is 1. The van der Waals surface area contributed by atoms with E-state index in [0.29, 0.717) is 5.02 Å². The van der Waals surface area contributed by atoms with Gasteiger partial charge in [-0.15, -0.1) is 0 Å². The van der Waals surface area contributed by atoms with Crippen LogP contribution < -0.4 is 5.32 Å². The summed E-state index contributed by atoms with van der Waals surface area (Å²) in [5.74, 6) is -0.137. The number of halogens is 2. The van der Waals surface area contributed by atoms with Crippen LogP contribution in [0, 0.1) is 5.82 Å². The average Bonchev–Trinajstić information content (AvgIpc) is 2.42. The van der Waals surface area contributed by atoms with Gasteiger partial charge in [0.25, 0.3) is 0 Å². The minimum absolute atomic E-state index is 0.119. The lowest BCUT2D eigenvalue weighted by Crippen LogP contribution is -2.18. The number of anilines is 1. The normalized spacial score (nSPS) is 17.9. The molecule has 2 nitrogen and oxygen atoms in total. The molecule has 1 aliphatic rings. The Labute approximate surface area is 116 Å². The molecule has 0 aliphatic heterocycles. The fourth-order valence-electron chi connectivity index (χ4n) is 2.59. The molecule has 98 valence electrons. The van der Waals surface area contributed by atoms with E-state index in [-0.39, 0.29) is 11.9 Å². The van der Waals surface area contributed by atoms with Gasteiger partial charge in [0.1, 0.15) is 0 Å². The Morgan fingerprint density at radius 3 is 3.00 bits per heavy atom. The highest BCUT2D eigenvalue weighted by Crippen LogP contribution is 2.32. The molecule has 1 atom stereocenters. The molecule has 0 saturated heterocycles. The molecule has 1 aromatic carbocycles. The highest BCUT2D eigenvalue weighted by atomic mass is 35.5. The standard InChI is InChI=1S/C15H14ClFN2/c16-11-8-13(17)15(18-9-11)19-14-7-3-5-10-4-1-2-6-12(10)14/h1-2,4,6,8-9,14H,3,5,7H2,(H,18,19). The van der Waals surface area contributed by atoms with Crippen molar-refractivity contribution in [1.82, 2.24) is 4.98 Å². The summed E-state index contributed by atoms with van der Waals surface area (Å²) in [6, 6.07) is 9.70. The molecule has 1 aromatic heterocycles. The van der Waals surface area contributed by atoms with Crippen molar-refractivity contribution in [2.24, 2.45) is 0 Å². The van der Waals surface area contributed by atoms with Crippen LogP contribution in [-0.4, -0.2) is 4.98 Å². The topological polar surface area (TPSA) is 24.9 Å². The Hall–Kier alpha value is -1.61. The quantitative estimate of drug-likeness (QED) is 0.881. The Morgan fingerprint density at radius 2 is 2.16 bits per heavy atom. The summed E-state index contributed by atoms with van der Waals surface area (Å²) >= 11 is 5.71. The number of aromatic nitrogens is 1. The number of hydrogen-bond acceptors (Lipinski definition) is 2. The van der Waals surface area contributed by atoms with Crippen LogP contribution in [0.1, 0.15) is 30.0 Å². The monoisotopic (exact) mass is 276 g/mol. The van der Waals surface area contributed by atoms with Gasteiger partial charge in [-0.05, 0) is 36.5 Å². The molecule has 1 N–H and O–H groups in total. The van der Waals surface area contributed by atoms with Crippen molar-refractivity contribution < 1.29 is 4.39 Å². The molecule has 3 rings (SSSR count). The Balaban J connectivity index is 1.88. The summed E-state index contributed by atoms with van der Waals surface area (Å²) in [4.78, 5) is 4.03. The molecule has 1 unspecified atom stereocenters. The van der Waals surface area contributed by atoms with Crippen LogP contribution in [0.3, 0.4) is 0 Å². The number of rotatable bonds is 2. The van der Waals surface area contributed by atoms with Crippen LogP contribution in [-0.2, 0) is 6.42 Å². The first kappa shape index (κ1) is 12.4. The third-order valence-corrected chi connectivity index (χ3v) is 3.69. The van der Waals surface area contributed by atoms with Gasteiger partial charge in [-0.25, -0.2) is 9.37 Å². The van der Waals surface area contributed by atoms with E-state index in [2.05, 4.69) is 22.4 Å². The van der Waals surface area contributed by atoms with E-state index in [0.717, 1.165) is 19.3 Å². The maximum absolute atomic E-state index is 13.8.